The molecule has 3 aliphatic rings. The van der Waals surface area contributed by atoms with Crippen LogP contribution in [0, 0.1) is 29.6 Å². The zero-order valence-electron chi connectivity index (χ0n) is 11.2. The summed E-state index contributed by atoms with van der Waals surface area (Å²) in [6, 6.07) is 0. The average Bonchev–Trinajstić information content (AvgIpc) is 2.85. The van der Waals surface area contributed by atoms with Crippen LogP contribution < -0.4 is 0 Å². The number of rotatable bonds is 1. The van der Waals surface area contributed by atoms with E-state index in [-0.39, 0.29) is 4.83 Å². The third-order valence-corrected chi connectivity index (χ3v) is 6.59. The van der Waals surface area contributed by atoms with Crippen molar-refractivity contribution >= 4 is 15.9 Å². The number of hydrogen-bond acceptors (Lipinski definition) is 1. The van der Waals surface area contributed by atoms with Crippen molar-refractivity contribution in [2.24, 2.45) is 29.6 Å². The van der Waals surface area contributed by atoms with Gasteiger partial charge in [0.15, 0.2) is 0 Å². The van der Waals surface area contributed by atoms with Crippen molar-refractivity contribution in [3.8, 4) is 0 Å². The first-order valence-electron chi connectivity index (χ1n) is 6.95. The Hall–Kier alpha value is 0.180. The van der Waals surface area contributed by atoms with Crippen molar-refractivity contribution in [1.82, 2.24) is 0 Å². The molecule has 0 aromatic carbocycles. The summed E-state index contributed by atoms with van der Waals surface area (Å²) in [6.45, 7) is 9.14. The summed E-state index contributed by atoms with van der Waals surface area (Å²) in [5.41, 5.74) is 2.33. The van der Waals surface area contributed by atoms with Gasteiger partial charge in [-0.1, -0.05) is 42.3 Å². The molecule has 3 rings (SSSR count). The van der Waals surface area contributed by atoms with Crippen LogP contribution in [0.5, 0.6) is 0 Å². The van der Waals surface area contributed by atoms with Crippen LogP contribution in [0.1, 0.15) is 40.5 Å². The van der Waals surface area contributed by atoms with E-state index >= 15 is 0 Å². The smallest absolute Gasteiger partial charge is 0.101 e. The van der Waals surface area contributed by atoms with E-state index in [1.54, 1.807) is 0 Å². The molecule has 0 aromatic heterocycles. The van der Waals surface area contributed by atoms with Gasteiger partial charge < -0.3 is 5.11 Å². The summed E-state index contributed by atoms with van der Waals surface area (Å²) in [7, 11) is 0. The first-order valence-corrected chi connectivity index (χ1v) is 7.87. The maximum absolute atomic E-state index is 11.1. The topological polar surface area (TPSA) is 20.2 Å². The number of alkyl halides is 1. The Morgan fingerprint density at radius 1 is 1.41 bits per heavy atom. The molecule has 0 heterocycles. The van der Waals surface area contributed by atoms with E-state index < -0.39 is 5.60 Å². The zero-order valence-corrected chi connectivity index (χ0v) is 12.8. The molecule has 0 aromatic rings. The van der Waals surface area contributed by atoms with E-state index in [0.29, 0.717) is 11.8 Å². The van der Waals surface area contributed by atoms with E-state index in [0.717, 1.165) is 24.2 Å². The molecule has 6 atom stereocenters. The second-order valence-corrected chi connectivity index (χ2v) is 7.94. The maximum Gasteiger partial charge on any atom is 0.101 e. The summed E-state index contributed by atoms with van der Waals surface area (Å²) >= 11 is 3.73. The standard InChI is InChI=1S/C15H23BrO/c1-7(2)12-10-6-9(4)15(17)11(16)5-8(3)14(15)13(10)12/h7,9-13,17H,5-6H2,1-4H3/t9-,10+,11+,12+,13+,15+/m1/s1. The molecule has 0 saturated heterocycles. The van der Waals surface area contributed by atoms with Gasteiger partial charge in [0.2, 0.25) is 0 Å². The van der Waals surface area contributed by atoms with Crippen molar-refractivity contribution in [2.75, 3.05) is 0 Å². The average molecular weight is 299 g/mol. The summed E-state index contributed by atoms with van der Waals surface area (Å²) in [4.78, 5) is 0.245. The number of fused-ring (bicyclic) bond motifs is 3. The molecule has 0 spiro atoms. The van der Waals surface area contributed by atoms with Gasteiger partial charge in [0.1, 0.15) is 5.60 Å². The summed E-state index contributed by atoms with van der Waals surface area (Å²) < 4.78 is 0. The van der Waals surface area contributed by atoms with Crippen LogP contribution >= 0.6 is 15.9 Å². The lowest BCUT2D eigenvalue weighted by Crippen LogP contribution is -2.46. The molecule has 2 heteroatoms. The largest absolute Gasteiger partial charge is 0.384 e. The number of halogens is 1. The normalized spacial score (nSPS) is 52.8. The minimum atomic E-state index is -0.547. The maximum atomic E-state index is 11.1. The van der Waals surface area contributed by atoms with Crippen LogP contribution in [-0.2, 0) is 0 Å². The molecular weight excluding hydrogens is 276 g/mol. The molecule has 1 N–H and O–H groups in total. The molecular formula is C15H23BrO. The predicted octanol–water partition coefficient (Wildman–Crippen LogP) is 3.76. The molecule has 2 fully saturated rings. The van der Waals surface area contributed by atoms with Crippen LogP contribution in [0.2, 0.25) is 0 Å². The van der Waals surface area contributed by atoms with Gasteiger partial charge in [-0.15, -0.1) is 0 Å². The molecule has 0 amide bonds. The molecule has 3 aliphatic carbocycles. The molecule has 0 aliphatic heterocycles. The third kappa shape index (κ3) is 1.40. The predicted molar refractivity (Wildman–Crippen MR) is 74.1 cm³/mol. The fourth-order valence-corrected chi connectivity index (χ4v) is 5.96. The quantitative estimate of drug-likeness (QED) is 0.577. The Bertz CT molecular complexity index is 386. The van der Waals surface area contributed by atoms with Crippen molar-refractivity contribution in [3.05, 3.63) is 11.1 Å². The first kappa shape index (κ1) is 12.2. The minimum Gasteiger partial charge on any atom is -0.384 e. The first-order chi connectivity index (χ1) is 7.89. The molecule has 0 bridgehead atoms. The molecule has 17 heavy (non-hydrogen) atoms. The molecule has 1 nitrogen and oxygen atoms in total. The van der Waals surface area contributed by atoms with Crippen molar-refractivity contribution in [2.45, 2.75) is 51.0 Å². The number of hydrogen-bond donors (Lipinski definition) is 1. The van der Waals surface area contributed by atoms with Crippen LogP contribution in [0.15, 0.2) is 11.1 Å². The Balaban J connectivity index is 2.01. The number of aliphatic hydroxyl groups is 1. The highest BCUT2D eigenvalue weighted by Crippen LogP contribution is 2.68. The molecule has 0 unspecified atom stereocenters. The second-order valence-electron chi connectivity index (χ2n) is 6.84. The van der Waals surface area contributed by atoms with E-state index in [1.165, 1.54) is 17.6 Å². The lowest BCUT2D eigenvalue weighted by Gasteiger charge is -2.40. The van der Waals surface area contributed by atoms with Gasteiger partial charge in [0, 0.05) is 0 Å². The minimum absolute atomic E-state index is 0.245. The fourth-order valence-electron chi connectivity index (χ4n) is 4.78. The van der Waals surface area contributed by atoms with Gasteiger partial charge >= 0.3 is 0 Å². The van der Waals surface area contributed by atoms with Crippen molar-refractivity contribution in [1.29, 1.82) is 0 Å². The van der Waals surface area contributed by atoms with Crippen LogP contribution in [0.3, 0.4) is 0 Å². The van der Waals surface area contributed by atoms with Gasteiger partial charge in [0.05, 0.1) is 4.83 Å². The van der Waals surface area contributed by atoms with Gasteiger partial charge in [-0.2, -0.15) is 0 Å². The highest BCUT2D eigenvalue weighted by Gasteiger charge is 2.66. The van der Waals surface area contributed by atoms with Crippen molar-refractivity contribution in [3.63, 3.8) is 0 Å². The van der Waals surface area contributed by atoms with E-state index in [1.807, 2.05) is 0 Å². The summed E-state index contributed by atoms with van der Waals surface area (Å²) in [5, 5.41) is 11.1. The van der Waals surface area contributed by atoms with Gasteiger partial charge in [0.25, 0.3) is 0 Å². The Kier molecular flexibility index (Phi) is 2.59. The zero-order chi connectivity index (χ0) is 12.5. The van der Waals surface area contributed by atoms with Gasteiger partial charge in [-0.25, -0.2) is 0 Å². The second kappa shape index (κ2) is 3.60. The lowest BCUT2D eigenvalue weighted by molar-refractivity contribution is 0.0102. The van der Waals surface area contributed by atoms with E-state index in [4.69, 9.17) is 0 Å². The van der Waals surface area contributed by atoms with E-state index in [2.05, 4.69) is 43.6 Å². The summed E-state index contributed by atoms with van der Waals surface area (Å²) in [5.74, 6) is 3.54. The summed E-state index contributed by atoms with van der Waals surface area (Å²) in [6.07, 6.45) is 2.24. The van der Waals surface area contributed by atoms with Crippen LogP contribution in [0.25, 0.3) is 0 Å². The Morgan fingerprint density at radius 2 is 2.06 bits per heavy atom. The van der Waals surface area contributed by atoms with Gasteiger partial charge in [-0.3, -0.25) is 0 Å². The SMILES string of the molecule is CC1=C2[C@H]3[C@@H](C[C@@H](C)[C@]2(O)[C@@H](Br)C1)[C@@H]3C(C)C. The third-order valence-electron chi connectivity index (χ3n) is 5.56. The van der Waals surface area contributed by atoms with Gasteiger partial charge in [-0.05, 0) is 54.9 Å². The Labute approximate surface area is 113 Å². The van der Waals surface area contributed by atoms with Crippen LogP contribution in [-0.4, -0.2) is 15.5 Å². The monoisotopic (exact) mass is 298 g/mol. The Morgan fingerprint density at radius 3 is 2.65 bits per heavy atom. The van der Waals surface area contributed by atoms with Crippen LogP contribution in [0.4, 0.5) is 0 Å². The number of allylic oxidation sites excluding steroid dienone is 1. The van der Waals surface area contributed by atoms with Crippen molar-refractivity contribution < 1.29 is 5.11 Å². The molecule has 2 saturated carbocycles. The molecule has 96 valence electrons. The lowest BCUT2D eigenvalue weighted by atomic mass is 9.73. The fraction of sp³-hybridized carbons (Fsp3) is 0.867. The highest BCUT2D eigenvalue weighted by atomic mass is 79.9. The van der Waals surface area contributed by atoms with E-state index in [9.17, 15) is 5.11 Å². The highest BCUT2D eigenvalue weighted by molar-refractivity contribution is 9.09. The molecule has 0 radical (unpaired) electrons.